The predicted molar refractivity (Wildman–Crippen MR) is 132 cm³/mol. The van der Waals surface area contributed by atoms with Crippen molar-refractivity contribution in [1.82, 2.24) is 15.5 Å². The van der Waals surface area contributed by atoms with Crippen molar-refractivity contribution in [3.8, 4) is 0 Å². The van der Waals surface area contributed by atoms with E-state index in [1.54, 1.807) is 0 Å². The van der Waals surface area contributed by atoms with Gasteiger partial charge in [-0.3, -0.25) is 9.89 Å². The fourth-order valence-corrected chi connectivity index (χ4v) is 4.07. The van der Waals surface area contributed by atoms with E-state index >= 15 is 0 Å². The number of ether oxygens (including phenoxy) is 2. The fraction of sp³-hybridized carbons (Fsp3) is 0.955. The van der Waals surface area contributed by atoms with Crippen molar-refractivity contribution in [3.63, 3.8) is 0 Å². The van der Waals surface area contributed by atoms with Crippen LogP contribution in [-0.4, -0.2) is 75.5 Å². The van der Waals surface area contributed by atoms with Crippen molar-refractivity contribution in [1.29, 1.82) is 0 Å². The van der Waals surface area contributed by atoms with E-state index in [1.807, 2.05) is 0 Å². The van der Waals surface area contributed by atoms with Gasteiger partial charge in [0, 0.05) is 39.0 Å². The van der Waals surface area contributed by atoms with Crippen LogP contribution in [0.25, 0.3) is 0 Å². The Hall–Kier alpha value is -0.120. The summed E-state index contributed by atoms with van der Waals surface area (Å²) < 4.78 is 11.3. The molecule has 1 unspecified atom stereocenters. The van der Waals surface area contributed by atoms with Gasteiger partial charge in [0.1, 0.15) is 0 Å². The third-order valence-corrected chi connectivity index (χ3v) is 5.80. The number of rotatable bonds is 10. The summed E-state index contributed by atoms with van der Waals surface area (Å²) in [5.41, 5.74) is 0. The maximum absolute atomic E-state index is 5.96. The van der Waals surface area contributed by atoms with E-state index in [4.69, 9.17) is 14.5 Å². The summed E-state index contributed by atoms with van der Waals surface area (Å²) in [5.74, 6) is 1.56. The molecule has 6 nitrogen and oxygen atoms in total. The SMILES string of the molecule is CCNC(=NCC(C(C)C)N1CCCCCC1)NCCCOC1CCOCC1.I. The monoisotopic (exact) mass is 524 g/mol. The molecule has 0 radical (unpaired) electrons. The molecule has 0 aromatic rings. The van der Waals surface area contributed by atoms with Gasteiger partial charge in [-0.05, 0) is 58.0 Å². The molecule has 0 aliphatic carbocycles. The zero-order valence-corrected chi connectivity index (χ0v) is 21.3. The second kappa shape index (κ2) is 16.6. The summed E-state index contributed by atoms with van der Waals surface area (Å²) in [6, 6.07) is 0.533. The van der Waals surface area contributed by atoms with E-state index < -0.39 is 0 Å². The quantitative estimate of drug-likeness (QED) is 0.198. The molecule has 2 saturated heterocycles. The average Bonchev–Trinajstić information content (AvgIpc) is 2.98. The number of halogens is 1. The largest absolute Gasteiger partial charge is 0.381 e. The van der Waals surface area contributed by atoms with E-state index in [1.165, 1.54) is 38.8 Å². The minimum absolute atomic E-state index is 0. The zero-order chi connectivity index (χ0) is 20.0. The van der Waals surface area contributed by atoms with E-state index in [0.717, 1.165) is 64.7 Å². The molecule has 2 aliphatic rings. The van der Waals surface area contributed by atoms with Crippen molar-refractivity contribution >= 4 is 29.9 Å². The lowest BCUT2D eigenvalue weighted by Crippen LogP contribution is -2.44. The van der Waals surface area contributed by atoms with Crippen LogP contribution in [0.4, 0.5) is 0 Å². The summed E-state index contributed by atoms with van der Waals surface area (Å²) in [6.45, 7) is 14.4. The number of guanidine groups is 1. The molecule has 0 aromatic heterocycles. The van der Waals surface area contributed by atoms with Gasteiger partial charge >= 0.3 is 0 Å². The maximum atomic E-state index is 5.96. The molecule has 0 aromatic carbocycles. The number of likely N-dealkylation sites (tertiary alicyclic amines) is 1. The minimum atomic E-state index is 0. The van der Waals surface area contributed by atoms with Gasteiger partial charge in [0.2, 0.25) is 0 Å². The molecular weight excluding hydrogens is 479 g/mol. The van der Waals surface area contributed by atoms with Crippen LogP contribution in [0.3, 0.4) is 0 Å². The van der Waals surface area contributed by atoms with Gasteiger partial charge < -0.3 is 20.1 Å². The Morgan fingerprint density at radius 1 is 1.10 bits per heavy atom. The standard InChI is InChI=1S/C22H44N4O2.HI/c1-4-23-22(24-12-9-15-28-20-10-16-27-17-11-20)25-18-21(19(2)3)26-13-7-5-6-8-14-26;/h19-21H,4-18H2,1-3H3,(H2,23,24,25);1H. The predicted octanol–water partition coefficient (Wildman–Crippen LogP) is 3.65. The Balaban J connectivity index is 0.00000420. The molecule has 172 valence electrons. The number of hydrogen-bond acceptors (Lipinski definition) is 4. The fourth-order valence-electron chi connectivity index (χ4n) is 4.07. The van der Waals surface area contributed by atoms with Crippen LogP contribution >= 0.6 is 24.0 Å². The lowest BCUT2D eigenvalue weighted by Gasteiger charge is -2.32. The first-order valence-corrected chi connectivity index (χ1v) is 11.7. The van der Waals surface area contributed by atoms with Gasteiger partial charge in [-0.1, -0.05) is 26.7 Å². The van der Waals surface area contributed by atoms with Gasteiger partial charge in [-0.2, -0.15) is 0 Å². The van der Waals surface area contributed by atoms with E-state index in [2.05, 4.69) is 36.3 Å². The van der Waals surface area contributed by atoms with Gasteiger partial charge in [-0.25, -0.2) is 0 Å². The van der Waals surface area contributed by atoms with Crippen molar-refractivity contribution in [2.45, 2.75) is 77.9 Å². The Morgan fingerprint density at radius 3 is 2.41 bits per heavy atom. The Bertz CT molecular complexity index is 423. The molecule has 29 heavy (non-hydrogen) atoms. The highest BCUT2D eigenvalue weighted by molar-refractivity contribution is 14.0. The van der Waals surface area contributed by atoms with Crippen LogP contribution in [0.1, 0.15) is 65.7 Å². The van der Waals surface area contributed by atoms with E-state index in [9.17, 15) is 0 Å². The molecule has 0 saturated carbocycles. The zero-order valence-electron chi connectivity index (χ0n) is 19.0. The number of nitrogens with one attached hydrogen (secondary N) is 2. The molecule has 1 atom stereocenters. The number of nitrogens with zero attached hydrogens (tertiary/aromatic N) is 2. The highest BCUT2D eigenvalue weighted by atomic mass is 127. The summed E-state index contributed by atoms with van der Waals surface area (Å²) in [4.78, 5) is 7.60. The highest BCUT2D eigenvalue weighted by Gasteiger charge is 2.22. The van der Waals surface area contributed by atoms with Crippen molar-refractivity contribution < 1.29 is 9.47 Å². The average molecular weight is 525 g/mol. The third-order valence-electron chi connectivity index (χ3n) is 5.80. The highest BCUT2D eigenvalue weighted by Crippen LogP contribution is 2.17. The molecule has 0 spiro atoms. The normalized spacial score (nSPS) is 20.8. The summed E-state index contributed by atoms with van der Waals surface area (Å²) in [7, 11) is 0. The van der Waals surface area contributed by atoms with Crippen molar-refractivity contribution in [2.75, 3.05) is 52.5 Å². The molecule has 2 rings (SSSR count). The summed E-state index contributed by atoms with van der Waals surface area (Å²) >= 11 is 0. The topological polar surface area (TPSA) is 58.1 Å². The third kappa shape index (κ3) is 11.2. The Morgan fingerprint density at radius 2 is 1.79 bits per heavy atom. The first kappa shape index (κ1) is 26.9. The summed E-state index contributed by atoms with van der Waals surface area (Å²) in [6.07, 6.45) is 8.87. The molecule has 7 heteroatoms. The van der Waals surface area contributed by atoms with Gasteiger partial charge in [0.05, 0.1) is 12.6 Å². The first-order valence-electron chi connectivity index (χ1n) is 11.7. The first-order chi connectivity index (χ1) is 13.7. The van der Waals surface area contributed by atoms with Gasteiger partial charge in [0.15, 0.2) is 5.96 Å². The van der Waals surface area contributed by atoms with Crippen LogP contribution in [0, 0.1) is 5.92 Å². The van der Waals surface area contributed by atoms with Crippen molar-refractivity contribution in [3.05, 3.63) is 0 Å². The maximum Gasteiger partial charge on any atom is 0.191 e. The molecule has 2 N–H and O–H groups in total. The Kier molecular flexibility index (Phi) is 15.4. The van der Waals surface area contributed by atoms with Crippen LogP contribution in [0.15, 0.2) is 4.99 Å². The van der Waals surface area contributed by atoms with E-state index in [-0.39, 0.29) is 24.0 Å². The lowest BCUT2D eigenvalue weighted by molar-refractivity contribution is -0.0320. The van der Waals surface area contributed by atoms with Crippen LogP contribution in [0.5, 0.6) is 0 Å². The Labute approximate surface area is 196 Å². The van der Waals surface area contributed by atoms with Gasteiger partial charge in [0.25, 0.3) is 0 Å². The summed E-state index contributed by atoms with van der Waals surface area (Å²) in [5, 5.41) is 6.88. The molecular formula is C22H45IN4O2. The number of hydrogen-bond donors (Lipinski definition) is 2. The molecule has 2 heterocycles. The number of aliphatic imine (C=N–C) groups is 1. The molecule has 2 fully saturated rings. The molecule has 2 aliphatic heterocycles. The van der Waals surface area contributed by atoms with Gasteiger partial charge in [-0.15, -0.1) is 24.0 Å². The van der Waals surface area contributed by atoms with E-state index in [0.29, 0.717) is 18.1 Å². The van der Waals surface area contributed by atoms with Crippen LogP contribution in [0.2, 0.25) is 0 Å². The molecule has 0 amide bonds. The lowest BCUT2D eigenvalue weighted by atomic mass is 10.0. The second-order valence-corrected chi connectivity index (χ2v) is 8.44. The van der Waals surface area contributed by atoms with Crippen LogP contribution < -0.4 is 10.6 Å². The minimum Gasteiger partial charge on any atom is -0.381 e. The van der Waals surface area contributed by atoms with Crippen LogP contribution in [-0.2, 0) is 9.47 Å². The molecule has 0 bridgehead atoms. The van der Waals surface area contributed by atoms with Crippen molar-refractivity contribution in [2.24, 2.45) is 10.9 Å². The smallest absolute Gasteiger partial charge is 0.191 e. The second-order valence-electron chi connectivity index (χ2n) is 8.44.